The fraction of sp³-hybridized carbons (Fsp3) is 0.0625. The number of ketones is 1. The van der Waals surface area contributed by atoms with E-state index in [0.717, 1.165) is 6.92 Å². The standard InChI is InChI=1S/C16H7F6N3O2.Cu/c1-5-11(15(26)6-2-9(19)23-10(20)3-6)16(27)25(24-5)14-12(21)7(17)4-8(18)13(14)22;/h2-4,27H,1H3;. The number of carbonyl (C=O) groups excluding carboxylic acids is 1. The van der Waals surface area contributed by atoms with Gasteiger partial charge in [-0.2, -0.15) is 23.5 Å². The summed E-state index contributed by atoms with van der Waals surface area (Å²) in [6, 6.07) is 1.07. The van der Waals surface area contributed by atoms with Crippen LogP contribution < -0.4 is 0 Å². The van der Waals surface area contributed by atoms with Crippen LogP contribution in [0, 0.1) is 42.1 Å². The summed E-state index contributed by atoms with van der Waals surface area (Å²) in [7, 11) is 0. The van der Waals surface area contributed by atoms with Gasteiger partial charge in [0.25, 0.3) is 0 Å². The number of benzene rings is 1. The second-order valence-corrected chi connectivity index (χ2v) is 5.34. The Morgan fingerprint density at radius 2 is 1.46 bits per heavy atom. The molecular weight excluding hydrogens is 444 g/mol. The smallest absolute Gasteiger partial charge is 0.226 e. The van der Waals surface area contributed by atoms with E-state index in [1.54, 1.807) is 0 Å². The first-order chi connectivity index (χ1) is 12.6. The molecule has 0 spiro atoms. The Bertz CT molecular complexity index is 1060. The van der Waals surface area contributed by atoms with Gasteiger partial charge in [-0.1, -0.05) is 0 Å². The van der Waals surface area contributed by atoms with Gasteiger partial charge in [0.2, 0.25) is 23.6 Å². The largest absolute Gasteiger partial charge is 0.493 e. The van der Waals surface area contributed by atoms with Crippen LogP contribution in [0.15, 0.2) is 18.2 Å². The van der Waals surface area contributed by atoms with Crippen molar-refractivity contribution in [2.45, 2.75) is 6.92 Å². The summed E-state index contributed by atoms with van der Waals surface area (Å²) >= 11 is 0. The molecule has 151 valence electrons. The quantitative estimate of drug-likeness (QED) is 0.218. The molecule has 5 nitrogen and oxygen atoms in total. The van der Waals surface area contributed by atoms with Crippen molar-refractivity contribution in [3.8, 4) is 11.6 Å². The molecular formula is C16H7CuF6N3O2. The number of aromatic nitrogens is 3. The van der Waals surface area contributed by atoms with Crippen molar-refractivity contribution >= 4 is 5.78 Å². The van der Waals surface area contributed by atoms with Crippen molar-refractivity contribution in [1.29, 1.82) is 0 Å². The van der Waals surface area contributed by atoms with Gasteiger partial charge in [0, 0.05) is 40.8 Å². The van der Waals surface area contributed by atoms with Crippen LogP contribution in [-0.2, 0) is 17.1 Å². The third-order valence-corrected chi connectivity index (χ3v) is 3.59. The normalized spacial score (nSPS) is 10.7. The number of hydrogen-bond donors (Lipinski definition) is 1. The molecule has 0 fully saturated rings. The molecule has 1 radical (unpaired) electrons. The van der Waals surface area contributed by atoms with Crippen molar-refractivity contribution in [3.05, 3.63) is 70.2 Å². The van der Waals surface area contributed by atoms with Crippen LogP contribution >= 0.6 is 0 Å². The van der Waals surface area contributed by atoms with Crippen molar-refractivity contribution in [3.63, 3.8) is 0 Å². The van der Waals surface area contributed by atoms with Gasteiger partial charge < -0.3 is 5.11 Å². The third kappa shape index (κ3) is 3.48. The molecule has 0 saturated heterocycles. The predicted molar refractivity (Wildman–Crippen MR) is 77.4 cm³/mol. The number of aromatic hydroxyl groups is 1. The Morgan fingerprint density at radius 1 is 0.964 bits per heavy atom. The Hall–Kier alpha value is -2.85. The van der Waals surface area contributed by atoms with Gasteiger partial charge in [0.05, 0.1) is 5.69 Å². The van der Waals surface area contributed by atoms with E-state index >= 15 is 0 Å². The van der Waals surface area contributed by atoms with Crippen molar-refractivity contribution in [2.24, 2.45) is 0 Å². The molecule has 0 aliphatic heterocycles. The van der Waals surface area contributed by atoms with Crippen LogP contribution in [0.25, 0.3) is 5.69 Å². The summed E-state index contributed by atoms with van der Waals surface area (Å²) in [4.78, 5) is 15.2. The Kier molecular flexibility index (Phi) is 5.85. The topological polar surface area (TPSA) is 68.0 Å². The molecule has 0 aliphatic carbocycles. The number of carbonyl (C=O) groups is 1. The van der Waals surface area contributed by atoms with Crippen LogP contribution in [0.4, 0.5) is 26.3 Å². The molecule has 0 atom stereocenters. The summed E-state index contributed by atoms with van der Waals surface area (Å²) in [5.41, 5.74) is -2.98. The van der Waals surface area contributed by atoms with Gasteiger partial charge in [-0.25, -0.2) is 17.6 Å². The molecule has 2 aromatic heterocycles. The SMILES string of the molecule is Cc1nn(-c2c(F)c(F)cc(F)c2F)c(O)c1C(=O)c1cc(F)nc(F)c1.[Cu]. The van der Waals surface area contributed by atoms with Crippen LogP contribution in [0.5, 0.6) is 5.88 Å². The molecule has 0 unspecified atom stereocenters. The first-order valence-corrected chi connectivity index (χ1v) is 7.11. The minimum atomic E-state index is -1.87. The molecule has 28 heavy (non-hydrogen) atoms. The first kappa shape index (κ1) is 21.4. The molecule has 0 bridgehead atoms. The Morgan fingerprint density at radius 3 is 1.96 bits per heavy atom. The first-order valence-electron chi connectivity index (χ1n) is 7.11. The molecule has 1 N–H and O–H groups in total. The zero-order valence-corrected chi connectivity index (χ0v) is 14.4. The van der Waals surface area contributed by atoms with E-state index in [0.29, 0.717) is 12.1 Å². The second-order valence-electron chi connectivity index (χ2n) is 5.34. The number of pyridine rings is 1. The zero-order valence-electron chi connectivity index (χ0n) is 13.5. The van der Waals surface area contributed by atoms with Crippen molar-refractivity contribution in [2.75, 3.05) is 0 Å². The van der Waals surface area contributed by atoms with E-state index in [1.165, 1.54) is 0 Å². The second kappa shape index (κ2) is 7.64. The summed E-state index contributed by atoms with van der Waals surface area (Å²) in [5.74, 6) is -12.3. The summed E-state index contributed by atoms with van der Waals surface area (Å²) in [6.07, 6.45) is 0. The predicted octanol–water partition coefficient (Wildman–Crippen LogP) is 3.34. The monoisotopic (exact) mass is 450 g/mol. The van der Waals surface area contributed by atoms with Crippen LogP contribution in [-0.4, -0.2) is 25.7 Å². The zero-order chi connectivity index (χ0) is 20.0. The maximum absolute atomic E-state index is 13.9. The molecule has 0 aliphatic rings. The van der Waals surface area contributed by atoms with E-state index in [9.17, 15) is 36.2 Å². The summed E-state index contributed by atoms with van der Waals surface area (Å²) in [6.45, 7) is 1.13. The van der Waals surface area contributed by atoms with Crippen LogP contribution in [0.1, 0.15) is 21.6 Å². The van der Waals surface area contributed by atoms with Gasteiger partial charge in [-0.3, -0.25) is 4.79 Å². The number of nitrogens with zero attached hydrogens (tertiary/aromatic N) is 3. The average Bonchev–Trinajstić information content (AvgIpc) is 2.86. The Labute approximate surface area is 163 Å². The van der Waals surface area contributed by atoms with Gasteiger partial charge >= 0.3 is 0 Å². The number of hydrogen-bond acceptors (Lipinski definition) is 4. The van der Waals surface area contributed by atoms with Crippen molar-refractivity contribution in [1.82, 2.24) is 14.8 Å². The number of halogens is 6. The third-order valence-electron chi connectivity index (χ3n) is 3.59. The van der Waals surface area contributed by atoms with Crippen LogP contribution in [0.2, 0.25) is 0 Å². The molecule has 3 rings (SSSR count). The Balaban J connectivity index is 0.00000280. The average molecular weight is 451 g/mol. The van der Waals surface area contributed by atoms with E-state index in [2.05, 4.69) is 10.1 Å². The molecule has 0 amide bonds. The molecule has 12 heteroatoms. The fourth-order valence-corrected chi connectivity index (χ4v) is 2.42. The van der Waals surface area contributed by atoms with Crippen LogP contribution in [0.3, 0.4) is 0 Å². The molecule has 0 saturated carbocycles. The molecule has 2 heterocycles. The van der Waals surface area contributed by atoms with Gasteiger partial charge in [0.1, 0.15) is 11.3 Å². The summed E-state index contributed by atoms with van der Waals surface area (Å²) < 4.78 is 81.1. The number of aryl methyl sites for hydroxylation is 1. The van der Waals surface area contributed by atoms with E-state index in [1.807, 2.05) is 0 Å². The minimum absolute atomic E-state index is 0. The minimum Gasteiger partial charge on any atom is -0.493 e. The van der Waals surface area contributed by atoms with Gasteiger partial charge in [-0.05, 0) is 6.92 Å². The molecule has 1 aromatic carbocycles. The van der Waals surface area contributed by atoms with E-state index < -0.39 is 63.6 Å². The van der Waals surface area contributed by atoms with Gasteiger partial charge in [0.15, 0.2) is 23.3 Å². The number of rotatable bonds is 3. The van der Waals surface area contributed by atoms with Crippen molar-refractivity contribution < 1.29 is 53.3 Å². The summed E-state index contributed by atoms with van der Waals surface area (Å²) in [5, 5.41) is 13.7. The maximum Gasteiger partial charge on any atom is 0.226 e. The van der Waals surface area contributed by atoms with E-state index in [-0.39, 0.29) is 33.5 Å². The molecule has 3 aromatic rings. The van der Waals surface area contributed by atoms with E-state index in [4.69, 9.17) is 0 Å². The fourth-order valence-electron chi connectivity index (χ4n) is 2.42. The van der Waals surface area contributed by atoms with Gasteiger partial charge in [-0.15, -0.1) is 0 Å². The maximum atomic E-state index is 13.9.